The molecule has 0 unspecified atom stereocenters. The minimum Gasteiger partial charge on any atom is -0.392 e. The quantitative estimate of drug-likeness (QED) is 0.819. The van der Waals surface area contributed by atoms with E-state index < -0.39 is 0 Å². The van der Waals surface area contributed by atoms with Gasteiger partial charge in [0.2, 0.25) is 0 Å². The second kappa shape index (κ2) is 4.18. The van der Waals surface area contributed by atoms with Crippen molar-refractivity contribution in [3.63, 3.8) is 0 Å². The van der Waals surface area contributed by atoms with E-state index in [-0.39, 0.29) is 11.6 Å². The summed E-state index contributed by atoms with van der Waals surface area (Å²) in [7, 11) is 0. The van der Waals surface area contributed by atoms with Crippen LogP contribution >= 0.6 is 0 Å². The first kappa shape index (κ1) is 11.6. The summed E-state index contributed by atoms with van der Waals surface area (Å²) in [6, 6.07) is 0. The number of β-amino-alcohol motifs (C(OH)–C–C–N with tert-alkyl or cyclic N) is 1. The molecule has 1 saturated heterocycles. The predicted molar refractivity (Wildman–Crippen MR) is 63.1 cm³/mol. The van der Waals surface area contributed by atoms with Crippen molar-refractivity contribution in [1.29, 1.82) is 0 Å². The first-order valence-electron chi connectivity index (χ1n) is 5.89. The Morgan fingerprint density at radius 1 is 1.50 bits per heavy atom. The zero-order valence-corrected chi connectivity index (χ0v) is 10.3. The van der Waals surface area contributed by atoms with Crippen LogP contribution in [0, 0.1) is 0 Å². The lowest BCUT2D eigenvalue weighted by Crippen LogP contribution is -2.23. The van der Waals surface area contributed by atoms with Crippen LogP contribution in [0.5, 0.6) is 0 Å². The van der Waals surface area contributed by atoms with E-state index >= 15 is 0 Å². The summed E-state index contributed by atoms with van der Waals surface area (Å²) < 4.78 is 1.99. The standard InChI is InChI=1S/C12H21N3O/c1-12(2,3)15-8-10(6-13-15)7-14-5-4-11(16)9-14/h6,8,11,16H,4-5,7,9H2,1-3H3/t11-/m1/s1. The SMILES string of the molecule is CC(C)(C)n1cc(CN2CC[C@@H](O)C2)cn1. The molecule has 0 saturated carbocycles. The van der Waals surface area contributed by atoms with Gasteiger partial charge in [-0.1, -0.05) is 0 Å². The molecule has 0 aromatic carbocycles. The molecular formula is C12H21N3O. The fraction of sp³-hybridized carbons (Fsp3) is 0.750. The molecule has 2 rings (SSSR count). The molecular weight excluding hydrogens is 202 g/mol. The van der Waals surface area contributed by atoms with Crippen molar-refractivity contribution in [1.82, 2.24) is 14.7 Å². The van der Waals surface area contributed by atoms with Crippen molar-refractivity contribution >= 4 is 0 Å². The lowest BCUT2D eigenvalue weighted by atomic mass is 10.1. The maximum atomic E-state index is 9.45. The smallest absolute Gasteiger partial charge is 0.0679 e. The maximum Gasteiger partial charge on any atom is 0.0679 e. The van der Waals surface area contributed by atoms with E-state index in [1.54, 1.807) is 0 Å². The van der Waals surface area contributed by atoms with Crippen LogP contribution in [-0.4, -0.2) is 39.0 Å². The zero-order valence-electron chi connectivity index (χ0n) is 10.3. The summed E-state index contributed by atoms with van der Waals surface area (Å²) in [5, 5.41) is 13.8. The first-order valence-corrected chi connectivity index (χ1v) is 5.89. The summed E-state index contributed by atoms with van der Waals surface area (Å²) in [6.45, 7) is 9.10. The molecule has 1 aromatic rings. The Kier molecular flexibility index (Phi) is 3.04. The van der Waals surface area contributed by atoms with Crippen molar-refractivity contribution in [2.75, 3.05) is 13.1 Å². The average molecular weight is 223 g/mol. The van der Waals surface area contributed by atoms with Gasteiger partial charge in [-0.2, -0.15) is 5.10 Å². The lowest BCUT2D eigenvalue weighted by Gasteiger charge is -2.19. The molecule has 16 heavy (non-hydrogen) atoms. The van der Waals surface area contributed by atoms with Gasteiger partial charge in [0, 0.05) is 31.4 Å². The molecule has 0 bridgehead atoms. The Bertz CT molecular complexity index is 353. The first-order chi connectivity index (χ1) is 7.45. The highest BCUT2D eigenvalue weighted by Gasteiger charge is 2.21. The van der Waals surface area contributed by atoms with Gasteiger partial charge in [0.15, 0.2) is 0 Å². The molecule has 0 spiro atoms. The van der Waals surface area contributed by atoms with Crippen molar-refractivity contribution in [2.45, 2.75) is 45.4 Å². The molecule has 0 aliphatic carbocycles. The molecule has 1 atom stereocenters. The van der Waals surface area contributed by atoms with E-state index in [9.17, 15) is 5.11 Å². The number of aromatic nitrogens is 2. The van der Waals surface area contributed by atoms with Gasteiger partial charge in [0.25, 0.3) is 0 Å². The van der Waals surface area contributed by atoms with Crippen LogP contribution in [0.3, 0.4) is 0 Å². The molecule has 90 valence electrons. The van der Waals surface area contributed by atoms with Crippen molar-refractivity contribution in [3.8, 4) is 0 Å². The molecule has 4 heteroatoms. The zero-order chi connectivity index (χ0) is 11.8. The predicted octanol–water partition coefficient (Wildman–Crippen LogP) is 1.20. The monoisotopic (exact) mass is 223 g/mol. The number of rotatable bonds is 2. The number of hydrogen-bond donors (Lipinski definition) is 1. The van der Waals surface area contributed by atoms with Crippen molar-refractivity contribution < 1.29 is 5.11 Å². The highest BCUT2D eigenvalue weighted by Crippen LogP contribution is 2.16. The van der Waals surface area contributed by atoms with Crippen LogP contribution in [0.15, 0.2) is 12.4 Å². The third-order valence-electron chi connectivity index (χ3n) is 2.98. The van der Waals surface area contributed by atoms with Gasteiger partial charge in [-0.15, -0.1) is 0 Å². The number of aliphatic hydroxyl groups is 1. The van der Waals surface area contributed by atoms with Crippen LogP contribution in [0.25, 0.3) is 0 Å². The van der Waals surface area contributed by atoms with Crippen LogP contribution in [0.4, 0.5) is 0 Å². The Balaban J connectivity index is 1.98. The summed E-state index contributed by atoms with van der Waals surface area (Å²) in [6.07, 6.45) is 4.78. The van der Waals surface area contributed by atoms with Gasteiger partial charge >= 0.3 is 0 Å². The van der Waals surface area contributed by atoms with E-state index in [1.165, 1.54) is 5.56 Å². The summed E-state index contributed by atoms with van der Waals surface area (Å²) >= 11 is 0. The second-order valence-corrected chi connectivity index (χ2v) is 5.64. The second-order valence-electron chi connectivity index (χ2n) is 5.64. The molecule has 1 N–H and O–H groups in total. The van der Waals surface area contributed by atoms with Crippen LogP contribution in [-0.2, 0) is 12.1 Å². The van der Waals surface area contributed by atoms with Crippen LogP contribution < -0.4 is 0 Å². The molecule has 4 nitrogen and oxygen atoms in total. The van der Waals surface area contributed by atoms with Gasteiger partial charge in [0.05, 0.1) is 17.8 Å². The lowest BCUT2D eigenvalue weighted by molar-refractivity contribution is 0.174. The number of nitrogens with zero attached hydrogens (tertiary/aromatic N) is 3. The number of aliphatic hydroxyl groups excluding tert-OH is 1. The molecule has 1 aromatic heterocycles. The normalized spacial score (nSPS) is 22.9. The fourth-order valence-corrected chi connectivity index (χ4v) is 2.02. The number of hydrogen-bond acceptors (Lipinski definition) is 3. The van der Waals surface area contributed by atoms with Crippen molar-refractivity contribution in [3.05, 3.63) is 18.0 Å². The van der Waals surface area contributed by atoms with Gasteiger partial charge in [-0.3, -0.25) is 9.58 Å². The van der Waals surface area contributed by atoms with E-state index in [2.05, 4.69) is 37.0 Å². The van der Waals surface area contributed by atoms with Gasteiger partial charge < -0.3 is 5.11 Å². The third-order valence-corrected chi connectivity index (χ3v) is 2.98. The van der Waals surface area contributed by atoms with Crippen molar-refractivity contribution in [2.24, 2.45) is 0 Å². The average Bonchev–Trinajstić information content (AvgIpc) is 2.74. The number of likely N-dealkylation sites (tertiary alicyclic amines) is 1. The van der Waals surface area contributed by atoms with E-state index in [1.807, 2.05) is 10.9 Å². The van der Waals surface area contributed by atoms with Gasteiger partial charge in [-0.05, 0) is 27.2 Å². The Labute approximate surface area is 96.9 Å². The summed E-state index contributed by atoms with van der Waals surface area (Å²) in [5.74, 6) is 0. The largest absolute Gasteiger partial charge is 0.392 e. The highest BCUT2D eigenvalue weighted by atomic mass is 16.3. The van der Waals surface area contributed by atoms with Gasteiger partial charge in [0.1, 0.15) is 0 Å². The fourth-order valence-electron chi connectivity index (χ4n) is 2.02. The Morgan fingerprint density at radius 3 is 2.75 bits per heavy atom. The highest BCUT2D eigenvalue weighted by molar-refractivity contribution is 5.05. The molecule has 2 heterocycles. The summed E-state index contributed by atoms with van der Waals surface area (Å²) in [4.78, 5) is 2.27. The molecule has 0 radical (unpaired) electrons. The Morgan fingerprint density at radius 2 is 2.25 bits per heavy atom. The minimum absolute atomic E-state index is 0.0444. The molecule has 1 fully saturated rings. The summed E-state index contributed by atoms with van der Waals surface area (Å²) in [5.41, 5.74) is 1.27. The van der Waals surface area contributed by atoms with E-state index in [0.29, 0.717) is 0 Å². The maximum absolute atomic E-state index is 9.45. The van der Waals surface area contributed by atoms with Crippen LogP contribution in [0.2, 0.25) is 0 Å². The van der Waals surface area contributed by atoms with Crippen LogP contribution in [0.1, 0.15) is 32.8 Å². The minimum atomic E-state index is -0.141. The molecule has 0 amide bonds. The molecule has 1 aliphatic heterocycles. The van der Waals surface area contributed by atoms with E-state index in [4.69, 9.17) is 0 Å². The Hall–Kier alpha value is -0.870. The topological polar surface area (TPSA) is 41.3 Å². The third kappa shape index (κ3) is 2.62. The van der Waals surface area contributed by atoms with E-state index in [0.717, 1.165) is 26.1 Å². The van der Waals surface area contributed by atoms with Gasteiger partial charge in [-0.25, -0.2) is 0 Å². The molecule has 1 aliphatic rings.